The van der Waals surface area contributed by atoms with Crippen LogP contribution in [-0.4, -0.2) is 30.4 Å². The molecule has 0 spiro atoms. The van der Waals surface area contributed by atoms with Crippen LogP contribution >= 0.6 is 0 Å². The Morgan fingerprint density at radius 2 is 1.81 bits per heavy atom. The van der Waals surface area contributed by atoms with Gasteiger partial charge in [-0.05, 0) is 18.9 Å². The summed E-state index contributed by atoms with van der Waals surface area (Å²) in [5.41, 5.74) is 2.33. The molecule has 2 aromatic heterocycles. The van der Waals surface area contributed by atoms with Crippen molar-refractivity contribution in [2.45, 2.75) is 39.8 Å². The molecule has 138 valence electrons. The molecule has 0 saturated heterocycles. The molecule has 0 saturated carbocycles. The van der Waals surface area contributed by atoms with Crippen molar-refractivity contribution in [1.29, 1.82) is 0 Å². The highest BCUT2D eigenvalue weighted by Gasteiger charge is 2.19. The van der Waals surface area contributed by atoms with Crippen LogP contribution in [0.4, 0.5) is 0 Å². The predicted molar refractivity (Wildman–Crippen MR) is 101 cm³/mol. The number of aromatic nitrogens is 4. The molecule has 2 heterocycles. The molecule has 1 N–H and O–H groups in total. The SMILES string of the molecule is CCc1nc2c(c(=O)n(CCCO)c(=O)n2C)n1Cc1ccc(C)cc1. The van der Waals surface area contributed by atoms with E-state index in [2.05, 4.69) is 4.98 Å². The first-order valence-electron chi connectivity index (χ1n) is 8.83. The standard InChI is InChI=1S/C19H24N4O3/c1-4-15-20-17-16(23(15)12-14-8-6-13(2)7-9-14)18(25)22(10-5-11-24)19(26)21(17)3/h6-9,24H,4-5,10-12H2,1-3H3. The molecule has 26 heavy (non-hydrogen) atoms. The van der Waals surface area contributed by atoms with Gasteiger partial charge in [0.2, 0.25) is 0 Å². The lowest BCUT2D eigenvalue weighted by atomic mass is 10.1. The van der Waals surface area contributed by atoms with Gasteiger partial charge in [-0.1, -0.05) is 36.8 Å². The van der Waals surface area contributed by atoms with Crippen LogP contribution in [0.2, 0.25) is 0 Å². The highest BCUT2D eigenvalue weighted by Crippen LogP contribution is 2.15. The predicted octanol–water partition coefficient (Wildman–Crippen LogP) is 1.20. The maximum absolute atomic E-state index is 13.0. The van der Waals surface area contributed by atoms with E-state index in [0.29, 0.717) is 30.6 Å². The topological polar surface area (TPSA) is 82.1 Å². The summed E-state index contributed by atoms with van der Waals surface area (Å²) in [6, 6.07) is 8.14. The lowest BCUT2D eigenvalue weighted by Crippen LogP contribution is -2.40. The van der Waals surface area contributed by atoms with E-state index in [9.17, 15) is 9.59 Å². The molecule has 0 bridgehead atoms. The maximum atomic E-state index is 13.0. The Hall–Kier alpha value is -2.67. The average Bonchev–Trinajstić information content (AvgIpc) is 3.00. The van der Waals surface area contributed by atoms with Crippen molar-refractivity contribution in [3.8, 4) is 0 Å². The van der Waals surface area contributed by atoms with Gasteiger partial charge in [0.15, 0.2) is 11.2 Å². The molecule has 0 aliphatic heterocycles. The van der Waals surface area contributed by atoms with Crippen LogP contribution in [-0.2, 0) is 26.6 Å². The van der Waals surface area contributed by atoms with Crippen molar-refractivity contribution in [2.24, 2.45) is 7.05 Å². The van der Waals surface area contributed by atoms with Crippen molar-refractivity contribution in [2.75, 3.05) is 6.61 Å². The summed E-state index contributed by atoms with van der Waals surface area (Å²) in [7, 11) is 1.63. The molecular formula is C19H24N4O3. The van der Waals surface area contributed by atoms with E-state index < -0.39 is 5.69 Å². The Balaban J connectivity index is 2.24. The van der Waals surface area contributed by atoms with E-state index in [1.54, 1.807) is 7.05 Å². The summed E-state index contributed by atoms with van der Waals surface area (Å²) < 4.78 is 4.50. The number of aryl methyl sites for hydroxylation is 3. The zero-order valence-corrected chi connectivity index (χ0v) is 15.4. The normalized spacial score (nSPS) is 11.4. The fourth-order valence-electron chi connectivity index (χ4n) is 3.16. The molecule has 0 aliphatic rings. The van der Waals surface area contributed by atoms with E-state index in [4.69, 9.17) is 5.11 Å². The number of hydrogen-bond acceptors (Lipinski definition) is 4. The van der Waals surface area contributed by atoms with Crippen LogP contribution in [0.3, 0.4) is 0 Å². The maximum Gasteiger partial charge on any atom is 0.332 e. The molecular weight excluding hydrogens is 332 g/mol. The van der Waals surface area contributed by atoms with Crippen LogP contribution < -0.4 is 11.2 Å². The third-order valence-corrected chi connectivity index (χ3v) is 4.63. The third-order valence-electron chi connectivity index (χ3n) is 4.63. The summed E-state index contributed by atoms with van der Waals surface area (Å²) in [6.07, 6.45) is 1.01. The molecule has 0 aliphatic carbocycles. The first kappa shape index (κ1) is 18.1. The zero-order chi connectivity index (χ0) is 18.8. The second-order valence-electron chi connectivity index (χ2n) is 6.50. The molecule has 3 aromatic rings. The molecule has 0 unspecified atom stereocenters. The van der Waals surface area contributed by atoms with Gasteiger partial charge in [-0.25, -0.2) is 9.78 Å². The number of aliphatic hydroxyl groups is 1. The second kappa shape index (κ2) is 7.29. The van der Waals surface area contributed by atoms with Crippen LogP contribution in [0.1, 0.15) is 30.3 Å². The van der Waals surface area contributed by atoms with Crippen molar-refractivity contribution >= 4 is 11.2 Å². The third kappa shape index (κ3) is 3.10. The van der Waals surface area contributed by atoms with E-state index in [0.717, 1.165) is 11.4 Å². The Bertz CT molecular complexity index is 1040. The molecule has 7 heteroatoms. The summed E-state index contributed by atoms with van der Waals surface area (Å²) in [5.74, 6) is 0.771. The second-order valence-corrected chi connectivity index (χ2v) is 6.50. The van der Waals surface area contributed by atoms with Crippen molar-refractivity contribution in [1.82, 2.24) is 18.7 Å². The lowest BCUT2D eigenvalue weighted by Gasteiger charge is -2.11. The van der Waals surface area contributed by atoms with E-state index in [1.807, 2.05) is 42.7 Å². The number of imidazole rings is 1. The fourth-order valence-corrected chi connectivity index (χ4v) is 3.16. The van der Waals surface area contributed by atoms with Crippen LogP contribution in [0.25, 0.3) is 11.2 Å². The Kier molecular flexibility index (Phi) is 5.08. The van der Waals surface area contributed by atoms with Gasteiger partial charge in [-0.2, -0.15) is 0 Å². The number of benzene rings is 1. The highest BCUT2D eigenvalue weighted by molar-refractivity contribution is 5.71. The summed E-state index contributed by atoms with van der Waals surface area (Å²) in [6.45, 7) is 4.65. The molecule has 1 aromatic carbocycles. The smallest absolute Gasteiger partial charge is 0.332 e. The number of hydrogen-bond donors (Lipinski definition) is 1. The quantitative estimate of drug-likeness (QED) is 0.719. The molecule has 0 fully saturated rings. The van der Waals surface area contributed by atoms with Crippen LogP contribution in [0.5, 0.6) is 0 Å². The zero-order valence-electron chi connectivity index (χ0n) is 15.4. The lowest BCUT2D eigenvalue weighted by molar-refractivity contribution is 0.277. The number of rotatable bonds is 6. The minimum atomic E-state index is -0.404. The van der Waals surface area contributed by atoms with E-state index in [1.165, 1.54) is 14.7 Å². The van der Waals surface area contributed by atoms with E-state index in [-0.39, 0.29) is 18.7 Å². The van der Waals surface area contributed by atoms with Gasteiger partial charge < -0.3 is 9.67 Å². The monoisotopic (exact) mass is 356 g/mol. The molecule has 0 radical (unpaired) electrons. The van der Waals surface area contributed by atoms with Gasteiger partial charge >= 0.3 is 5.69 Å². The number of nitrogens with zero attached hydrogens (tertiary/aromatic N) is 4. The molecule has 0 atom stereocenters. The van der Waals surface area contributed by atoms with Gasteiger partial charge in [0.05, 0.1) is 0 Å². The number of aliphatic hydroxyl groups excluding tert-OH is 1. The van der Waals surface area contributed by atoms with Gasteiger partial charge in [0.25, 0.3) is 5.56 Å². The van der Waals surface area contributed by atoms with Crippen molar-refractivity contribution in [3.05, 3.63) is 62.1 Å². The van der Waals surface area contributed by atoms with Gasteiger partial charge in [-0.15, -0.1) is 0 Å². The Labute approximate surface area is 151 Å². The first-order chi connectivity index (χ1) is 12.5. The molecule has 0 amide bonds. The Morgan fingerprint density at radius 1 is 1.12 bits per heavy atom. The van der Waals surface area contributed by atoms with Crippen molar-refractivity contribution in [3.63, 3.8) is 0 Å². The van der Waals surface area contributed by atoms with Gasteiger partial charge in [0.1, 0.15) is 5.82 Å². The minimum Gasteiger partial charge on any atom is -0.396 e. The number of fused-ring (bicyclic) bond motifs is 1. The van der Waals surface area contributed by atoms with Crippen molar-refractivity contribution < 1.29 is 5.11 Å². The fraction of sp³-hybridized carbons (Fsp3) is 0.421. The Morgan fingerprint density at radius 3 is 2.42 bits per heavy atom. The highest BCUT2D eigenvalue weighted by atomic mass is 16.3. The molecule has 7 nitrogen and oxygen atoms in total. The van der Waals surface area contributed by atoms with Gasteiger partial charge in [0, 0.05) is 33.2 Å². The van der Waals surface area contributed by atoms with Crippen LogP contribution in [0, 0.1) is 6.92 Å². The summed E-state index contributed by atoms with van der Waals surface area (Å²) >= 11 is 0. The summed E-state index contributed by atoms with van der Waals surface area (Å²) in [5, 5.41) is 9.06. The summed E-state index contributed by atoms with van der Waals surface area (Å²) in [4.78, 5) is 30.1. The van der Waals surface area contributed by atoms with Gasteiger partial charge in [-0.3, -0.25) is 13.9 Å². The first-order valence-corrected chi connectivity index (χ1v) is 8.83. The minimum absolute atomic E-state index is 0.0729. The van der Waals surface area contributed by atoms with Crippen LogP contribution in [0.15, 0.2) is 33.9 Å². The average molecular weight is 356 g/mol. The largest absolute Gasteiger partial charge is 0.396 e. The van der Waals surface area contributed by atoms with E-state index >= 15 is 0 Å². The molecule has 3 rings (SSSR count).